The van der Waals surface area contributed by atoms with Crippen LogP contribution in [0.25, 0.3) is 0 Å². The molecule has 2 saturated heterocycles. The van der Waals surface area contributed by atoms with Gasteiger partial charge in [-0.3, -0.25) is 9.69 Å². The quantitative estimate of drug-likeness (QED) is 0.812. The molecule has 3 unspecified atom stereocenters. The summed E-state index contributed by atoms with van der Waals surface area (Å²) in [5, 5.41) is 3.19. The molecule has 0 spiro atoms. The summed E-state index contributed by atoms with van der Waals surface area (Å²) < 4.78 is 7.46. The molecule has 7 nitrogen and oxygen atoms in total. The number of carbonyl (C=O) groups is 1. The van der Waals surface area contributed by atoms with Crippen molar-refractivity contribution in [2.45, 2.75) is 45.3 Å². The Bertz CT molecular complexity index is 903. The summed E-state index contributed by atoms with van der Waals surface area (Å²) in [5.74, 6) is 2.11. The van der Waals surface area contributed by atoms with Gasteiger partial charge in [-0.1, -0.05) is 36.8 Å². The Morgan fingerprint density at radius 2 is 1.93 bits per heavy atom. The Labute approximate surface area is 177 Å². The van der Waals surface area contributed by atoms with Gasteiger partial charge in [0.1, 0.15) is 17.7 Å². The van der Waals surface area contributed by atoms with E-state index in [1.54, 1.807) is 6.20 Å². The van der Waals surface area contributed by atoms with Crippen molar-refractivity contribution in [3.63, 3.8) is 0 Å². The summed E-state index contributed by atoms with van der Waals surface area (Å²) in [7, 11) is 0. The largest absolute Gasteiger partial charge is 0.381 e. The lowest BCUT2D eigenvalue weighted by Gasteiger charge is -2.35. The van der Waals surface area contributed by atoms with Crippen LogP contribution in [0, 0.1) is 18.8 Å². The minimum absolute atomic E-state index is 0.0336. The van der Waals surface area contributed by atoms with Crippen LogP contribution in [0.3, 0.4) is 0 Å². The molecule has 160 valence electrons. The number of nitrogens with one attached hydrogen (secondary N) is 2. The predicted molar refractivity (Wildman–Crippen MR) is 115 cm³/mol. The van der Waals surface area contributed by atoms with Crippen LogP contribution in [0.5, 0.6) is 0 Å². The highest BCUT2D eigenvalue weighted by Crippen LogP contribution is 2.31. The van der Waals surface area contributed by atoms with E-state index in [0.29, 0.717) is 23.4 Å². The summed E-state index contributed by atoms with van der Waals surface area (Å²) in [6.07, 6.45) is 3.52. The van der Waals surface area contributed by atoms with E-state index in [1.807, 2.05) is 4.68 Å². The fourth-order valence-corrected chi connectivity index (χ4v) is 5.11. The minimum atomic E-state index is -0.0872. The number of nitrogens with zero attached hydrogens (tertiary/aromatic N) is 3. The lowest BCUT2D eigenvalue weighted by Crippen LogP contribution is -2.55. The number of ether oxygens (including phenoxy) is 1. The number of carbonyl (C=O) groups excluding carboxylic acids is 1. The van der Waals surface area contributed by atoms with Crippen LogP contribution in [0.15, 0.2) is 30.5 Å². The van der Waals surface area contributed by atoms with Crippen LogP contribution in [0.4, 0.5) is 0 Å². The molecule has 1 amide bonds. The van der Waals surface area contributed by atoms with Crippen molar-refractivity contribution >= 4 is 5.91 Å². The van der Waals surface area contributed by atoms with Crippen LogP contribution in [-0.4, -0.2) is 52.9 Å². The van der Waals surface area contributed by atoms with Gasteiger partial charge in [0.25, 0.3) is 5.91 Å². The second-order valence-corrected chi connectivity index (χ2v) is 9.12. The molecular weight excluding hydrogens is 378 g/mol. The van der Waals surface area contributed by atoms with Crippen molar-refractivity contribution in [2.24, 2.45) is 11.8 Å². The first-order valence-corrected chi connectivity index (χ1v) is 11.1. The molecule has 0 aliphatic carbocycles. The number of fused-ring (bicyclic) bond motifs is 1. The molecule has 2 N–H and O–H groups in total. The zero-order valence-electron chi connectivity index (χ0n) is 17.8. The van der Waals surface area contributed by atoms with Gasteiger partial charge < -0.3 is 15.5 Å². The van der Waals surface area contributed by atoms with Gasteiger partial charge >= 0.3 is 0 Å². The lowest BCUT2D eigenvalue weighted by molar-refractivity contribution is 0.0818. The maximum atomic E-state index is 12.8. The lowest BCUT2D eigenvalue weighted by atomic mass is 9.94. The first-order chi connectivity index (χ1) is 14.6. The molecule has 0 bridgehead atoms. The van der Waals surface area contributed by atoms with Crippen molar-refractivity contribution < 1.29 is 9.53 Å². The van der Waals surface area contributed by atoms with E-state index in [4.69, 9.17) is 4.74 Å². The molecule has 3 atom stereocenters. The van der Waals surface area contributed by atoms with Crippen molar-refractivity contribution in [2.75, 3.05) is 31.7 Å². The van der Waals surface area contributed by atoms with Gasteiger partial charge in [-0.25, -0.2) is 9.66 Å². The smallest absolute Gasteiger partial charge is 0.273 e. The number of benzene rings is 1. The van der Waals surface area contributed by atoms with Gasteiger partial charge in [-0.15, -0.1) is 0 Å². The van der Waals surface area contributed by atoms with E-state index >= 15 is 0 Å². The molecule has 3 aliphatic rings. The second kappa shape index (κ2) is 8.04. The summed E-state index contributed by atoms with van der Waals surface area (Å²) in [6, 6.07) is 8.78. The molecule has 2 aromatic rings. The molecule has 1 aromatic carbocycles. The third kappa shape index (κ3) is 3.72. The average molecular weight is 410 g/mol. The Morgan fingerprint density at radius 3 is 2.70 bits per heavy atom. The van der Waals surface area contributed by atoms with Crippen LogP contribution in [0.1, 0.15) is 53.1 Å². The van der Waals surface area contributed by atoms with E-state index in [1.165, 1.54) is 11.1 Å². The maximum absolute atomic E-state index is 12.8. The van der Waals surface area contributed by atoms with E-state index in [2.05, 4.69) is 58.7 Å². The van der Waals surface area contributed by atoms with Crippen LogP contribution < -0.4 is 10.7 Å². The van der Waals surface area contributed by atoms with Crippen molar-refractivity contribution in [3.05, 3.63) is 53.1 Å². The van der Waals surface area contributed by atoms with Crippen LogP contribution in [-0.2, 0) is 11.3 Å². The predicted octanol–water partition coefficient (Wildman–Crippen LogP) is 2.47. The molecular formula is C23H31N5O2. The standard InChI is InChI=1S/C23H31N5O2/c1-15-3-5-17(6-4-15)13-27-12-16(2)19(14-27)21-25-23(29)20-11-24-22(28(20)26-21)18-7-9-30-10-8-18/h3-6,11,16,18-19,21,26H,7-10,12-14H2,1-2H3,(H,25,29). The highest BCUT2D eigenvalue weighted by atomic mass is 16.5. The highest BCUT2D eigenvalue weighted by molar-refractivity contribution is 5.93. The summed E-state index contributed by atoms with van der Waals surface area (Å²) in [5.41, 5.74) is 6.83. The normalized spacial score (nSPS) is 27.5. The van der Waals surface area contributed by atoms with Gasteiger partial charge in [-0.2, -0.15) is 0 Å². The number of rotatable bonds is 4. The first kappa shape index (κ1) is 19.6. The Balaban J connectivity index is 1.30. The van der Waals surface area contributed by atoms with Gasteiger partial charge in [-0.05, 0) is 31.2 Å². The molecule has 5 rings (SSSR count). The van der Waals surface area contributed by atoms with E-state index in [-0.39, 0.29) is 12.1 Å². The molecule has 2 fully saturated rings. The molecule has 3 aliphatic heterocycles. The van der Waals surface area contributed by atoms with Gasteiger partial charge in [0, 0.05) is 44.7 Å². The number of aromatic nitrogens is 2. The number of hydrogen-bond donors (Lipinski definition) is 2. The Morgan fingerprint density at radius 1 is 1.17 bits per heavy atom. The fourth-order valence-electron chi connectivity index (χ4n) is 5.11. The summed E-state index contributed by atoms with van der Waals surface area (Å²) >= 11 is 0. The highest BCUT2D eigenvalue weighted by Gasteiger charge is 2.40. The van der Waals surface area contributed by atoms with Gasteiger partial charge in [0.15, 0.2) is 0 Å². The second-order valence-electron chi connectivity index (χ2n) is 9.12. The fraction of sp³-hybridized carbons (Fsp3) is 0.565. The first-order valence-electron chi connectivity index (χ1n) is 11.1. The van der Waals surface area contributed by atoms with Gasteiger partial charge in [0.05, 0.1) is 6.20 Å². The topological polar surface area (TPSA) is 71.4 Å². The average Bonchev–Trinajstić information content (AvgIpc) is 3.34. The van der Waals surface area contributed by atoms with E-state index < -0.39 is 0 Å². The van der Waals surface area contributed by atoms with Crippen LogP contribution in [0.2, 0.25) is 0 Å². The van der Waals surface area contributed by atoms with Crippen molar-refractivity contribution in [1.82, 2.24) is 19.9 Å². The SMILES string of the molecule is Cc1ccc(CN2CC(C)C(C3NC(=O)c4cnc(C5CCOCC5)n4N3)C2)cc1. The Kier molecular flexibility index (Phi) is 5.25. The number of imidazole rings is 1. The minimum Gasteiger partial charge on any atom is -0.381 e. The molecule has 4 heterocycles. The molecule has 1 aromatic heterocycles. The van der Waals surface area contributed by atoms with Crippen molar-refractivity contribution in [3.8, 4) is 0 Å². The molecule has 0 radical (unpaired) electrons. The molecule has 0 saturated carbocycles. The summed E-state index contributed by atoms with van der Waals surface area (Å²) in [6.45, 7) is 8.88. The van der Waals surface area contributed by atoms with E-state index in [9.17, 15) is 4.79 Å². The third-order valence-electron chi connectivity index (χ3n) is 6.86. The monoisotopic (exact) mass is 409 g/mol. The number of amides is 1. The third-order valence-corrected chi connectivity index (χ3v) is 6.86. The maximum Gasteiger partial charge on any atom is 0.273 e. The zero-order chi connectivity index (χ0) is 20.7. The van der Waals surface area contributed by atoms with E-state index in [0.717, 1.165) is 51.5 Å². The summed E-state index contributed by atoms with van der Waals surface area (Å²) in [4.78, 5) is 19.9. The van der Waals surface area contributed by atoms with Crippen LogP contribution >= 0.6 is 0 Å². The zero-order valence-corrected chi connectivity index (χ0v) is 17.8. The molecule has 7 heteroatoms. The number of hydrogen-bond acceptors (Lipinski definition) is 5. The Hall–Kier alpha value is -2.38. The number of aryl methyl sites for hydroxylation is 1. The molecule has 30 heavy (non-hydrogen) atoms. The van der Waals surface area contributed by atoms with Gasteiger partial charge in [0.2, 0.25) is 0 Å². The van der Waals surface area contributed by atoms with Crippen molar-refractivity contribution in [1.29, 1.82) is 0 Å². The number of likely N-dealkylation sites (tertiary alicyclic amines) is 1.